The van der Waals surface area contributed by atoms with Gasteiger partial charge in [-0.2, -0.15) is 0 Å². The van der Waals surface area contributed by atoms with E-state index in [2.05, 4.69) is 21.3 Å². The molecular formula is C42H70N6O10. The van der Waals surface area contributed by atoms with Crippen molar-refractivity contribution in [1.29, 1.82) is 0 Å². The van der Waals surface area contributed by atoms with Crippen molar-refractivity contribution < 1.29 is 48.5 Å². The molecule has 0 aliphatic carbocycles. The molecular weight excluding hydrogens is 748 g/mol. The Kier molecular flexibility index (Phi) is 29.6. The summed E-state index contributed by atoms with van der Waals surface area (Å²) in [4.78, 5) is 81.9. The standard InChI is InChI=1S/C42H70N6O10/c43-33(31-49)17-11-14-29-47-40(53)35(44)18-12-15-28-46-38(51)26-25-36(42(56)57)48-39(52)20-10-6-4-7-13-27-45-37(50)19-9-5-2-1-3-8-16-30-58-34-23-21-32(22-24-34)41(54)55/h21-24,31,33,35-36H,1-20,25-30,43-44H2,(H,45,50)(H,46,51)(H,47,53)(H,48,52)(H,54,55)(H,56,57)/t33-,35-,36-/m0/s1. The summed E-state index contributed by atoms with van der Waals surface area (Å²) in [5.41, 5.74) is 11.7. The molecule has 3 atom stereocenters. The third-order valence-electron chi connectivity index (χ3n) is 9.65. The fraction of sp³-hybridized carbons (Fsp3) is 0.690. The topological polar surface area (TPSA) is 269 Å². The molecule has 1 rings (SSSR count). The number of benzene rings is 1. The Morgan fingerprint density at radius 2 is 1.09 bits per heavy atom. The first-order valence-electron chi connectivity index (χ1n) is 21.2. The molecule has 328 valence electrons. The van der Waals surface area contributed by atoms with Crippen molar-refractivity contribution in [2.24, 2.45) is 11.5 Å². The van der Waals surface area contributed by atoms with Crippen LogP contribution in [-0.2, 0) is 28.8 Å². The number of amides is 4. The minimum atomic E-state index is -1.19. The van der Waals surface area contributed by atoms with Crippen LogP contribution in [0, 0.1) is 0 Å². The molecule has 0 aliphatic rings. The lowest BCUT2D eigenvalue weighted by Crippen LogP contribution is -2.41. The van der Waals surface area contributed by atoms with Crippen LogP contribution in [0.1, 0.15) is 152 Å². The zero-order chi connectivity index (χ0) is 42.8. The van der Waals surface area contributed by atoms with Gasteiger partial charge in [0, 0.05) is 38.9 Å². The number of carbonyl (C=O) groups is 7. The van der Waals surface area contributed by atoms with Gasteiger partial charge in [-0.1, -0.05) is 51.4 Å². The van der Waals surface area contributed by atoms with E-state index in [4.69, 9.17) is 21.3 Å². The Morgan fingerprint density at radius 1 is 0.586 bits per heavy atom. The summed E-state index contributed by atoms with van der Waals surface area (Å²) < 4.78 is 5.66. The number of aliphatic carboxylic acids is 1. The van der Waals surface area contributed by atoms with Crippen LogP contribution in [0.4, 0.5) is 0 Å². The monoisotopic (exact) mass is 819 g/mol. The lowest BCUT2D eigenvalue weighted by atomic mass is 10.1. The zero-order valence-electron chi connectivity index (χ0n) is 34.3. The number of aromatic carboxylic acids is 1. The second-order valence-electron chi connectivity index (χ2n) is 14.8. The molecule has 0 heterocycles. The van der Waals surface area contributed by atoms with Crippen molar-refractivity contribution in [3.05, 3.63) is 29.8 Å². The number of aldehydes is 1. The quantitative estimate of drug-likeness (QED) is 0.0348. The molecule has 10 N–H and O–H groups in total. The number of ether oxygens (including phenoxy) is 1. The predicted octanol–water partition coefficient (Wildman–Crippen LogP) is 4.12. The van der Waals surface area contributed by atoms with E-state index in [0.29, 0.717) is 83.2 Å². The van der Waals surface area contributed by atoms with Crippen LogP contribution in [0.3, 0.4) is 0 Å². The molecule has 0 fully saturated rings. The summed E-state index contributed by atoms with van der Waals surface area (Å²) in [6, 6.07) is 4.11. The van der Waals surface area contributed by atoms with Gasteiger partial charge in [0.05, 0.1) is 24.3 Å². The van der Waals surface area contributed by atoms with Gasteiger partial charge in [-0.3, -0.25) is 19.2 Å². The van der Waals surface area contributed by atoms with E-state index >= 15 is 0 Å². The molecule has 58 heavy (non-hydrogen) atoms. The largest absolute Gasteiger partial charge is 0.494 e. The van der Waals surface area contributed by atoms with Crippen molar-refractivity contribution in [2.75, 3.05) is 26.2 Å². The number of nitrogens with one attached hydrogen (secondary N) is 4. The Bertz CT molecular complexity index is 1350. The molecule has 0 spiro atoms. The molecule has 4 amide bonds. The summed E-state index contributed by atoms with van der Waals surface area (Å²) >= 11 is 0. The highest BCUT2D eigenvalue weighted by Crippen LogP contribution is 2.14. The molecule has 16 nitrogen and oxygen atoms in total. The van der Waals surface area contributed by atoms with Crippen LogP contribution in [-0.4, -0.2) is 96.4 Å². The molecule has 1 aromatic carbocycles. The highest BCUT2D eigenvalue weighted by molar-refractivity contribution is 5.87. The molecule has 0 aliphatic heterocycles. The van der Waals surface area contributed by atoms with Crippen molar-refractivity contribution in [1.82, 2.24) is 21.3 Å². The molecule has 16 heteroatoms. The Morgan fingerprint density at radius 3 is 1.67 bits per heavy atom. The highest BCUT2D eigenvalue weighted by Gasteiger charge is 2.21. The van der Waals surface area contributed by atoms with Gasteiger partial charge in [-0.15, -0.1) is 0 Å². The van der Waals surface area contributed by atoms with E-state index in [-0.39, 0.29) is 48.5 Å². The van der Waals surface area contributed by atoms with Crippen molar-refractivity contribution >= 4 is 41.9 Å². The fourth-order valence-electron chi connectivity index (χ4n) is 6.06. The molecule has 0 bridgehead atoms. The second-order valence-corrected chi connectivity index (χ2v) is 14.8. The SMILES string of the molecule is N[C@H](C=O)CCCCNC(=O)[C@@H](N)CCCCNC(=O)CC[C@H](NC(=O)CCCCCCCNC(=O)CCCCCCCCCOc1ccc(C(=O)O)cc1)C(=O)O. The van der Waals surface area contributed by atoms with Gasteiger partial charge in [0.15, 0.2) is 0 Å². The van der Waals surface area contributed by atoms with E-state index in [0.717, 1.165) is 77.0 Å². The lowest BCUT2D eigenvalue weighted by Gasteiger charge is -2.15. The molecule has 0 radical (unpaired) electrons. The number of carbonyl (C=O) groups excluding carboxylic acids is 5. The van der Waals surface area contributed by atoms with Crippen LogP contribution >= 0.6 is 0 Å². The third kappa shape index (κ3) is 27.9. The maximum absolute atomic E-state index is 12.4. The minimum Gasteiger partial charge on any atom is -0.494 e. The van der Waals surface area contributed by atoms with Crippen molar-refractivity contribution in [2.45, 2.75) is 159 Å². The summed E-state index contributed by atoms with van der Waals surface area (Å²) in [6.07, 6.45) is 16.3. The molecule has 0 aromatic heterocycles. The first-order chi connectivity index (χ1) is 27.9. The number of nitrogens with two attached hydrogens (primary N) is 2. The van der Waals surface area contributed by atoms with Crippen LogP contribution < -0.4 is 37.5 Å². The zero-order valence-corrected chi connectivity index (χ0v) is 34.3. The van der Waals surface area contributed by atoms with E-state index in [1.807, 2.05) is 0 Å². The Hall–Kier alpha value is -4.57. The first-order valence-corrected chi connectivity index (χ1v) is 21.2. The number of carboxylic acid groups (broad SMARTS) is 2. The van der Waals surface area contributed by atoms with Crippen LogP contribution in [0.15, 0.2) is 24.3 Å². The van der Waals surface area contributed by atoms with Gasteiger partial charge >= 0.3 is 11.9 Å². The lowest BCUT2D eigenvalue weighted by molar-refractivity contribution is -0.142. The third-order valence-corrected chi connectivity index (χ3v) is 9.65. The predicted molar refractivity (Wildman–Crippen MR) is 221 cm³/mol. The van der Waals surface area contributed by atoms with Crippen molar-refractivity contribution in [3.8, 4) is 5.75 Å². The Balaban J connectivity index is 1.97. The average Bonchev–Trinajstić information content (AvgIpc) is 3.20. The summed E-state index contributed by atoms with van der Waals surface area (Å²) in [5.74, 6) is -2.35. The maximum atomic E-state index is 12.4. The molecule has 0 saturated carbocycles. The number of rotatable bonds is 37. The van der Waals surface area contributed by atoms with Crippen LogP contribution in [0.2, 0.25) is 0 Å². The normalized spacial score (nSPS) is 12.4. The van der Waals surface area contributed by atoms with Gasteiger partial charge in [-0.05, 0) is 94.9 Å². The number of hydrogen-bond donors (Lipinski definition) is 8. The number of hydrogen-bond acceptors (Lipinski definition) is 10. The van der Waals surface area contributed by atoms with Crippen molar-refractivity contribution in [3.63, 3.8) is 0 Å². The van der Waals surface area contributed by atoms with E-state index in [1.165, 1.54) is 12.1 Å². The second kappa shape index (κ2) is 33.4. The van der Waals surface area contributed by atoms with Gasteiger partial charge in [-0.25, -0.2) is 9.59 Å². The Labute approximate surface area is 343 Å². The summed E-state index contributed by atoms with van der Waals surface area (Å²) in [5, 5.41) is 29.5. The van der Waals surface area contributed by atoms with E-state index in [1.54, 1.807) is 12.1 Å². The fourth-order valence-corrected chi connectivity index (χ4v) is 6.06. The smallest absolute Gasteiger partial charge is 0.335 e. The van der Waals surface area contributed by atoms with Gasteiger partial charge in [0.1, 0.15) is 18.1 Å². The van der Waals surface area contributed by atoms with Gasteiger partial charge in [0.25, 0.3) is 0 Å². The minimum absolute atomic E-state index is 0.0287. The number of carboxylic acids is 2. The summed E-state index contributed by atoms with van der Waals surface area (Å²) in [7, 11) is 0. The molecule has 0 saturated heterocycles. The maximum Gasteiger partial charge on any atom is 0.335 e. The molecule has 0 unspecified atom stereocenters. The molecule has 1 aromatic rings. The van der Waals surface area contributed by atoms with Crippen LogP contribution in [0.25, 0.3) is 0 Å². The highest BCUT2D eigenvalue weighted by atomic mass is 16.5. The van der Waals surface area contributed by atoms with Gasteiger partial charge < -0.3 is 52.5 Å². The number of unbranched alkanes of at least 4 members (excludes halogenated alkanes) is 12. The van der Waals surface area contributed by atoms with E-state index in [9.17, 15) is 38.7 Å². The first kappa shape index (κ1) is 51.4. The average molecular weight is 819 g/mol. The van der Waals surface area contributed by atoms with Crippen LogP contribution in [0.5, 0.6) is 5.75 Å². The van der Waals surface area contributed by atoms with E-state index < -0.39 is 30.1 Å². The summed E-state index contributed by atoms with van der Waals surface area (Å²) in [6.45, 7) is 2.04. The van der Waals surface area contributed by atoms with Gasteiger partial charge in [0.2, 0.25) is 23.6 Å².